The van der Waals surface area contributed by atoms with Crippen LogP contribution in [-0.2, 0) is 4.79 Å². The van der Waals surface area contributed by atoms with Gasteiger partial charge >= 0.3 is 0 Å². The van der Waals surface area contributed by atoms with E-state index in [2.05, 4.69) is 55.9 Å². The molecule has 5 rings (SSSR count). The summed E-state index contributed by atoms with van der Waals surface area (Å²) in [7, 11) is 3.81. The Bertz CT molecular complexity index is 1340. The van der Waals surface area contributed by atoms with Crippen molar-refractivity contribution in [2.75, 3.05) is 60.7 Å². The average molecular weight is 507 g/mol. The molecule has 4 heterocycles. The first-order chi connectivity index (χ1) is 17.3. The van der Waals surface area contributed by atoms with Crippen LogP contribution in [0, 0.1) is 6.92 Å². The van der Waals surface area contributed by atoms with Crippen LogP contribution in [0.4, 0.5) is 34.6 Å². The van der Waals surface area contributed by atoms with Crippen LogP contribution in [0.1, 0.15) is 5.56 Å². The molecule has 0 unspecified atom stereocenters. The number of rotatable bonds is 5. The van der Waals surface area contributed by atoms with E-state index < -0.39 is 0 Å². The summed E-state index contributed by atoms with van der Waals surface area (Å²) in [5.41, 5.74) is 3.16. The van der Waals surface area contributed by atoms with Gasteiger partial charge in [-0.1, -0.05) is 18.2 Å². The van der Waals surface area contributed by atoms with Crippen molar-refractivity contribution in [1.82, 2.24) is 19.9 Å². The Balaban J connectivity index is 1.32. The van der Waals surface area contributed by atoms with Gasteiger partial charge in [0.15, 0.2) is 17.3 Å². The van der Waals surface area contributed by atoms with Gasteiger partial charge in [-0.2, -0.15) is 4.98 Å². The highest BCUT2D eigenvalue weighted by molar-refractivity contribution is 6.32. The summed E-state index contributed by atoms with van der Waals surface area (Å²) in [6, 6.07) is 7.40. The van der Waals surface area contributed by atoms with E-state index in [1.165, 1.54) is 11.1 Å². The highest BCUT2D eigenvalue weighted by Gasteiger charge is 2.26. The molecule has 36 heavy (non-hydrogen) atoms. The summed E-state index contributed by atoms with van der Waals surface area (Å²) in [5, 5.41) is 6.76. The van der Waals surface area contributed by atoms with Crippen molar-refractivity contribution < 1.29 is 9.53 Å². The van der Waals surface area contributed by atoms with E-state index >= 15 is 0 Å². The normalized spacial score (nSPS) is 16.0. The number of likely N-dealkylation sites (N-methyl/N-ethyl adjacent to an activating group) is 2. The summed E-state index contributed by atoms with van der Waals surface area (Å²) < 4.78 is 5.50. The number of hydrogen-bond donors (Lipinski definition) is 2. The summed E-state index contributed by atoms with van der Waals surface area (Å²) >= 11 is 6.37. The standard InChI is InChI=1S/C25H27ClN8O2/c1-15-11-18(13-27-23(15)34-9-7-32(3)8-10-34)30-25-28-14-19(26)22(31-25)29-17-5-6-21-20(12-17)33(4)24(35)16(2)36-21/h5-6,11-14H,2,7-10H2,1,3-4H3,(H2,28,29,30,31). The van der Waals surface area contributed by atoms with Crippen LogP contribution in [0.5, 0.6) is 5.75 Å². The SMILES string of the molecule is C=C1Oc2ccc(Nc3nc(Nc4cnc(N5CCN(C)CC5)c(C)c4)ncc3Cl)cc2N(C)C1=O. The first-order valence-electron chi connectivity index (χ1n) is 11.5. The Morgan fingerprint density at radius 2 is 1.81 bits per heavy atom. The third kappa shape index (κ3) is 4.77. The number of halogens is 1. The molecule has 1 amide bonds. The molecule has 10 nitrogen and oxygen atoms in total. The maximum absolute atomic E-state index is 12.2. The highest BCUT2D eigenvalue weighted by atomic mass is 35.5. The Morgan fingerprint density at radius 1 is 1.03 bits per heavy atom. The van der Waals surface area contributed by atoms with Crippen LogP contribution in [-0.4, -0.2) is 66.0 Å². The van der Waals surface area contributed by atoms with Crippen molar-refractivity contribution in [3.63, 3.8) is 0 Å². The van der Waals surface area contributed by atoms with Crippen molar-refractivity contribution in [2.45, 2.75) is 6.92 Å². The van der Waals surface area contributed by atoms with Crippen LogP contribution >= 0.6 is 11.6 Å². The molecule has 0 saturated carbocycles. The number of aryl methyl sites for hydroxylation is 1. The van der Waals surface area contributed by atoms with Crippen molar-refractivity contribution in [2.24, 2.45) is 0 Å². The molecule has 0 aliphatic carbocycles. The molecule has 186 valence electrons. The molecular weight excluding hydrogens is 480 g/mol. The predicted octanol–water partition coefficient (Wildman–Crippen LogP) is 3.94. The lowest BCUT2D eigenvalue weighted by molar-refractivity contribution is -0.117. The molecule has 1 fully saturated rings. The van der Waals surface area contributed by atoms with E-state index in [0.717, 1.165) is 43.2 Å². The molecule has 1 aromatic carbocycles. The quantitative estimate of drug-likeness (QED) is 0.498. The molecule has 2 N–H and O–H groups in total. The number of piperazine rings is 1. The zero-order valence-electron chi connectivity index (χ0n) is 20.4. The Hall–Kier alpha value is -3.89. The molecule has 0 bridgehead atoms. The second-order valence-corrected chi connectivity index (χ2v) is 9.27. The minimum Gasteiger partial charge on any atom is -0.450 e. The second-order valence-electron chi connectivity index (χ2n) is 8.87. The minimum atomic E-state index is -0.297. The minimum absolute atomic E-state index is 0.0848. The Morgan fingerprint density at radius 3 is 2.56 bits per heavy atom. The molecule has 2 aromatic heterocycles. The van der Waals surface area contributed by atoms with Gasteiger partial charge in [0.1, 0.15) is 10.8 Å². The van der Waals surface area contributed by atoms with Gasteiger partial charge in [-0.15, -0.1) is 0 Å². The first kappa shape index (κ1) is 23.8. The van der Waals surface area contributed by atoms with Crippen LogP contribution in [0.15, 0.2) is 49.0 Å². The molecule has 1 saturated heterocycles. The monoisotopic (exact) mass is 506 g/mol. The van der Waals surface area contributed by atoms with Gasteiger partial charge in [-0.25, -0.2) is 9.97 Å². The molecule has 11 heteroatoms. The fourth-order valence-corrected chi connectivity index (χ4v) is 4.32. The molecule has 0 spiro atoms. The number of pyridine rings is 1. The summed E-state index contributed by atoms with van der Waals surface area (Å²) in [5.74, 6) is 2.13. The number of amides is 1. The number of benzene rings is 1. The maximum Gasteiger partial charge on any atom is 0.293 e. The number of carbonyl (C=O) groups excluding carboxylic acids is 1. The number of fused-ring (bicyclic) bond motifs is 1. The average Bonchev–Trinajstić information content (AvgIpc) is 2.86. The molecular formula is C25H27ClN8O2. The van der Waals surface area contributed by atoms with Gasteiger partial charge in [0.2, 0.25) is 5.95 Å². The lowest BCUT2D eigenvalue weighted by atomic mass is 10.2. The van der Waals surface area contributed by atoms with Crippen molar-refractivity contribution in [1.29, 1.82) is 0 Å². The molecule has 3 aromatic rings. The van der Waals surface area contributed by atoms with Crippen LogP contribution in [0.3, 0.4) is 0 Å². The second kappa shape index (κ2) is 9.63. The number of hydrogen-bond acceptors (Lipinski definition) is 9. The third-order valence-corrected chi connectivity index (χ3v) is 6.49. The van der Waals surface area contributed by atoms with Gasteiger partial charge in [0.25, 0.3) is 5.91 Å². The maximum atomic E-state index is 12.2. The molecule has 0 atom stereocenters. The van der Waals surface area contributed by atoms with Crippen LogP contribution in [0.2, 0.25) is 5.02 Å². The number of anilines is 6. The van der Waals surface area contributed by atoms with Crippen LogP contribution in [0.25, 0.3) is 0 Å². The van der Waals surface area contributed by atoms with Gasteiger partial charge in [0.05, 0.1) is 23.8 Å². The van der Waals surface area contributed by atoms with Gasteiger partial charge in [-0.3, -0.25) is 4.79 Å². The summed E-state index contributed by atoms with van der Waals surface area (Å²) in [4.78, 5) is 31.8. The number of aromatic nitrogens is 3. The summed E-state index contributed by atoms with van der Waals surface area (Å²) in [6.45, 7) is 9.66. The number of ether oxygens (including phenoxy) is 1. The third-order valence-electron chi connectivity index (χ3n) is 6.21. The lowest BCUT2D eigenvalue weighted by Crippen LogP contribution is -2.45. The zero-order chi connectivity index (χ0) is 25.4. The highest BCUT2D eigenvalue weighted by Crippen LogP contribution is 2.37. The predicted molar refractivity (Wildman–Crippen MR) is 142 cm³/mol. The van der Waals surface area contributed by atoms with E-state index in [0.29, 0.717) is 33.9 Å². The van der Waals surface area contributed by atoms with E-state index in [1.54, 1.807) is 25.4 Å². The van der Waals surface area contributed by atoms with Gasteiger partial charge in [0, 0.05) is 38.9 Å². The van der Waals surface area contributed by atoms with Gasteiger partial charge in [-0.05, 0) is 43.8 Å². The lowest BCUT2D eigenvalue weighted by Gasteiger charge is -2.34. The topological polar surface area (TPSA) is 98.8 Å². The van der Waals surface area contributed by atoms with E-state index in [4.69, 9.17) is 16.3 Å². The molecule has 0 radical (unpaired) electrons. The smallest absolute Gasteiger partial charge is 0.293 e. The largest absolute Gasteiger partial charge is 0.450 e. The Labute approximate surface area is 214 Å². The number of nitrogens with one attached hydrogen (secondary N) is 2. The fourth-order valence-electron chi connectivity index (χ4n) is 4.18. The number of carbonyl (C=O) groups is 1. The van der Waals surface area contributed by atoms with Crippen LogP contribution < -0.4 is 25.2 Å². The molecule has 2 aliphatic heterocycles. The van der Waals surface area contributed by atoms with Crippen molar-refractivity contribution in [3.8, 4) is 5.75 Å². The zero-order valence-corrected chi connectivity index (χ0v) is 21.1. The van der Waals surface area contributed by atoms with E-state index in [9.17, 15) is 4.79 Å². The van der Waals surface area contributed by atoms with Gasteiger partial charge < -0.3 is 30.1 Å². The molecule has 2 aliphatic rings. The summed E-state index contributed by atoms with van der Waals surface area (Å²) in [6.07, 6.45) is 3.31. The first-order valence-corrected chi connectivity index (χ1v) is 11.9. The number of nitrogens with zero attached hydrogens (tertiary/aromatic N) is 6. The van der Waals surface area contributed by atoms with E-state index in [-0.39, 0.29) is 11.7 Å². The van der Waals surface area contributed by atoms with Crippen molar-refractivity contribution in [3.05, 3.63) is 59.6 Å². The van der Waals surface area contributed by atoms with Crippen molar-refractivity contribution >= 4 is 52.2 Å². The Kier molecular flexibility index (Phi) is 6.38. The van der Waals surface area contributed by atoms with E-state index in [1.807, 2.05) is 12.1 Å². The fraction of sp³-hybridized carbons (Fsp3) is 0.280.